The van der Waals surface area contributed by atoms with Gasteiger partial charge in [-0.3, -0.25) is 13.9 Å². The lowest BCUT2D eigenvalue weighted by atomic mass is 10.0. The van der Waals surface area contributed by atoms with Crippen LogP contribution < -0.4 is 9.62 Å². The number of amides is 2. The van der Waals surface area contributed by atoms with E-state index in [1.54, 1.807) is 61.5 Å². The topological polar surface area (TPSA) is 86.8 Å². The molecule has 0 fully saturated rings. The smallest absolute Gasteiger partial charge is 0.264 e. The first-order valence-corrected chi connectivity index (χ1v) is 16.0. The van der Waals surface area contributed by atoms with Crippen LogP contribution in [0.3, 0.4) is 0 Å². The van der Waals surface area contributed by atoms with Crippen LogP contribution >= 0.6 is 23.2 Å². The van der Waals surface area contributed by atoms with Crippen molar-refractivity contribution in [1.29, 1.82) is 0 Å². The Hall–Kier alpha value is -3.85. The van der Waals surface area contributed by atoms with Crippen molar-refractivity contribution in [3.8, 4) is 0 Å². The van der Waals surface area contributed by atoms with Crippen LogP contribution in [0.1, 0.15) is 23.6 Å². The van der Waals surface area contributed by atoms with E-state index in [4.69, 9.17) is 23.2 Å². The van der Waals surface area contributed by atoms with Crippen molar-refractivity contribution in [2.75, 3.05) is 17.4 Å². The number of carbonyl (C=O) groups excluding carboxylic acids is 2. The fourth-order valence-corrected chi connectivity index (χ4v) is 6.48. The van der Waals surface area contributed by atoms with Crippen molar-refractivity contribution < 1.29 is 18.0 Å². The van der Waals surface area contributed by atoms with E-state index >= 15 is 0 Å². The van der Waals surface area contributed by atoms with Crippen molar-refractivity contribution in [3.63, 3.8) is 0 Å². The van der Waals surface area contributed by atoms with Crippen LogP contribution in [0.4, 0.5) is 5.69 Å². The highest BCUT2D eigenvalue weighted by Gasteiger charge is 2.34. The molecule has 4 aromatic rings. The third-order valence-electron chi connectivity index (χ3n) is 6.85. The Bertz CT molecular complexity index is 1670. The van der Waals surface area contributed by atoms with Crippen molar-refractivity contribution in [2.45, 2.75) is 37.8 Å². The van der Waals surface area contributed by atoms with Gasteiger partial charge in [0.05, 0.1) is 10.6 Å². The number of carbonyl (C=O) groups is 2. The zero-order valence-electron chi connectivity index (χ0n) is 23.9. The molecule has 1 atom stereocenters. The van der Waals surface area contributed by atoms with E-state index in [1.165, 1.54) is 23.1 Å². The molecule has 0 aromatic heterocycles. The van der Waals surface area contributed by atoms with Gasteiger partial charge in [-0.15, -0.1) is 0 Å². The molecule has 10 heteroatoms. The molecule has 224 valence electrons. The predicted octanol–water partition coefficient (Wildman–Crippen LogP) is 6.27. The Kier molecular flexibility index (Phi) is 10.9. The summed E-state index contributed by atoms with van der Waals surface area (Å²) < 4.78 is 29.1. The number of rotatable bonds is 12. The van der Waals surface area contributed by atoms with Gasteiger partial charge < -0.3 is 10.2 Å². The summed E-state index contributed by atoms with van der Waals surface area (Å²) >= 11 is 12.5. The second-order valence-corrected chi connectivity index (χ2v) is 12.8. The summed E-state index contributed by atoms with van der Waals surface area (Å²) in [5.41, 5.74) is 2.66. The monoisotopic (exact) mass is 637 g/mol. The Morgan fingerprint density at radius 2 is 1.44 bits per heavy atom. The molecule has 0 aliphatic carbocycles. The van der Waals surface area contributed by atoms with Gasteiger partial charge >= 0.3 is 0 Å². The molecule has 4 aromatic carbocycles. The minimum absolute atomic E-state index is 0.0248. The van der Waals surface area contributed by atoms with E-state index in [0.717, 1.165) is 15.4 Å². The maximum absolute atomic E-state index is 14.3. The number of hydrogen-bond donors (Lipinski definition) is 1. The summed E-state index contributed by atoms with van der Waals surface area (Å²) in [4.78, 5) is 29.3. The number of nitrogens with zero attached hydrogens (tertiary/aromatic N) is 2. The first-order chi connectivity index (χ1) is 20.6. The summed E-state index contributed by atoms with van der Waals surface area (Å²) in [5, 5.41) is 3.63. The average Bonchev–Trinajstić information content (AvgIpc) is 2.98. The van der Waals surface area contributed by atoms with Crippen molar-refractivity contribution in [3.05, 3.63) is 130 Å². The molecular formula is C33H33Cl2N3O4S. The standard InChI is InChI=1S/C33H33Cl2N3O4S/c1-3-36-33(40)31(20-25-9-5-4-6-10-25)37(22-26-11-7-12-27(34)19-26)32(39)23-38(29-14-8-13-28(35)21-29)43(41,42)30-17-15-24(2)16-18-30/h4-19,21,31H,3,20,22-23H2,1-2H3,(H,36,40)/t31-/m0/s1. The predicted molar refractivity (Wildman–Crippen MR) is 172 cm³/mol. The van der Waals surface area contributed by atoms with Gasteiger partial charge in [-0.25, -0.2) is 8.42 Å². The zero-order chi connectivity index (χ0) is 31.0. The highest BCUT2D eigenvalue weighted by molar-refractivity contribution is 7.92. The van der Waals surface area contributed by atoms with Crippen molar-refractivity contribution >= 4 is 50.7 Å². The fourth-order valence-electron chi connectivity index (χ4n) is 4.68. The second-order valence-electron chi connectivity index (χ2n) is 10.1. The van der Waals surface area contributed by atoms with E-state index in [2.05, 4.69) is 5.32 Å². The molecule has 0 heterocycles. The third kappa shape index (κ3) is 8.38. The number of anilines is 1. The summed E-state index contributed by atoms with van der Waals surface area (Å²) in [7, 11) is -4.21. The van der Waals surface area contributed by atoms with Crippen LogP contribution in [0.25, 0.3) is 0 Å². The van der Waals surface area contributed by atoms with Gasteiger partial charge in [0.15, 0.2) is 0 Å². The van der Waals surface area contributed by atoms with Crippen LogP contribution in [-0.2, 0) is 32.6 Å². The summed E-state index contributed by atoms with van der Waals surface area (Å²) in [6.45, 7) is 3.48. The Balaban J connectivity index is 1.80. The third-order valence-corrected chi connectivity index (χ3v) is 9.11. The first kappa shape index (κ1) is 32.1. The average molecular weight is 639 g/mol. The van der Waals surface area contributed by atoms with Crippen LogP contribution in [0.15, 0.2) is 108 Å². The molecule has 0 aliphatic heterocycles. The second kappa shape index (κ2) is 14.6. The lowest BCUT2D eigenvalue weighted by Crippen LogP contribution is -2.53. The van der Waals surface area contributed by atoms with Gasteiger partial charge in [0.2, 0.25) is 11.8 Å². The van der Waals surface area contributed by atoms with Crippen LogP contribution in [-0.4, -0.2) is 44.3 Å². The number of aryl methyl sites for hydroxylation is 1. The summed E-state index contributed by atoms with van der Waals surface area (Å²) in [5.74, 6) is -0.916. The number of nitrogens with one attached hydrogen (secondary N) is 1. The van der Waals surface area contributed by atoms with Crippen LogP contribution in [0, 0.1) is 6.92 Å². The number of sulfonamides is 1. The van der Waals surface area contributed by atoms with Gasteiger partial charge in [0.1, 0.15) is 12.6 Å². The minimum Gasteiger partial charge on any atom is -0.355 e. The van der Waals surface area contributed by atoms with Gasteiger partial charge in [0, 0.05) is 29.6 Å². The molecule has 7 nitrogen and oxygen atoms in total. The van der Waals surface area contributed by atoms with Gasteiger partial charge in [-0.05, 0) is 67.4 Å². The molecule has 2 amide bonds. The van der Waals surface area contributed by atoms with Gasteiger partial charge in [0.25, 0.3) is 10.0 Å². The molecule has 0 aliphatic rings. The molecule has 43 heavy (non-hydrogen) atoms. The molecule has 0 radical (unpaired) electrons. The molecule has 0 saturated carbocycles. The normalized spacial score (nSPS) is 11.9. The zero-order valence-corrected chi connectivity index (χ0v) is 26.2. The SMILES string of the molecule is CCNC(=O)[C@H](Cc1ccccc1)N(Cc1cccc(Cl)c1)C(=O)CN(c1cccc(Cl)c1)S(=O)(=O)c1ccc(C)cc1. The van der Waals surface area contributed by atoms with Crippen LogP contribution in [0.5, 0.6) is 0 Å². The number of hydrogen-bond acceptors (Lipinski definition) is 4. The van der Waals surface area contributed by atoms with Gasteiger partial charge in [-0.1, -0.05) is 89.4 Å². The number of halogens is 2. The Morgan fingerprint density at radius 3 is 2.07 bits per heavy atom. The largest absolute Gasteiger partial charge is 0.355 e. The Labute approximate surface area is 263 Å². The van der Waals surface area contributed by atoms with Crippen molar-refractivity contribution in [2.24, 2.45) is 0 Å². The summed E-state index contributed by atoms with van der Waals surface area (Å²) in [6, 6.07) is 28.2. The lowest BCUT2D eigenvalue weighted by molar-refractivity contribution is -0.140. The molecule has 0 saturated heterocycles. The number of likely N-dealkylation sites (N-methyl/N-ethyl adjacent to an activating group) is 1. The lowest BCUT2D eigenvalue weighted by Gasteiger charge is -2.34. The van der Waals surface area contributed by atoms with Crippen molar-refractivity contribution in [1.82, 2.24) is 10.2 Å². The minimum atomic E-state index is -4.21. The van der Waals surface area contributed by atoms with Gasteiger partial charge in [-0.2, -0.15) is 0 Å². The molecule has 0 unspecified atom stereocenters. The van der Waals surface area contributed by atoms with E-state index < -0.39 is 28.5 Å². The van der Waals surface area contributed by atoms with E-state index in [0.29, 0.717) is 22.2 Å². The Morgan fingerprint density at radius 1 is 0.814 bits per heavy atom. The highest BCUT2D eigenvalue weighted by atomic mass is 35.5. The molecule has 1 N–H and O–H groups in total. The molecule has 4 rings (SSSR count). The maximum Gasteiger partial charge on any atom is 0.264 e. The molecular weight excluding hydrogens is 605 g/mol. The number of benzene rings is 4. The maximum atomic E-state index is 14.3. The highest BCUT2D eigenvalue weighted by Crippen LogP contribution is 2.27. The fraction of sp³-hybridized carbons (Fsp3) is 0.212. The van der Waals surface area contributed by atoms with E-state index in [-0.39, 0.29) is 29.5 Å². The summed E-state index contributed by atoms with van der Waals surface area (Å²) in [6.07, 6.45) is 0.223. The molecule has 0 bridgehead atoms. The first-order valence-electron chi connectivity index (χ1n) is 13.8. The van der Waals surface area contributed by atoms with Crippen LogP contribution in [0.2, 0.25) is 10.0 Å². The van der Waals surface area contributed by atoms with E-state index in [9.17, 15) is 18.0 Å². The van der Waals surface area contributed by atoms with E-state index in [1.807, 2.05) is 37.3 Å². The quantitative estimate of drug-likeness (QED) is 0.198. The molecule has 0 spiro atoms.